The highest BCUT2D eigenvalue weighted by molar-refractivity contribution is 5.91. The van der Waals surface area contributed by atoms with Crippen molar-refractivity contribution in [3.63, 3.8) is 0 Å². The number of hydrogen-bond acceptors (Lipinski definition) is 11. The molecular formula is C120H196N8O6. The normalized spacial score (nSPS) is 9.43. The largest absolute Gasteiger partial charge is 0.386 e. The molecular weight excluding hydrogens is 1650 g/mol. The lowest BCUT2D eigenvalue weighted by molar-refractivity contribution is -0.121. The number of ketones is 1. The van der Waals surface area contributed by atoms with E-state index in [0.29, 0.717) is 110 Å². The van der Waals surface area contributed by atoms with E-state index in [1.165, 1.54) is 50.1 Å². The molecule has 10 N–H and O–H groups in total. The summed E-state index contributed by atoms with van der Waals surface area (Å²) < 4.78 is 0. The number of carbonyl (C=O) groups is 4. The molecule has 0 aliphatic carbocycles. The molecule has 0 atom stereocenters. The van der Waals surface area contributed by atoms with Crippen LogP contribution in [0.25, 0.3) is 0 Å². The molecule has 10 aromatic rings. The van der Waals surface area contributed by atoms with Crippen LogP contribution in [0.2, 0.25) is 0 Å². The molecule has 3 amide bonds. The summed E-state index contributed by atoms with van der Waals surface area (Å²) >= 11 is 0. The number of carbonyl (C=O) groups excluding carboxylic acids is 4. The molecule has 0 saturated heterocycles. The van der Waals surface area contributed by atoms with Crippen molar-refractivity contribution >= 4 is 29.7 Å². The number of nitrogens with two attached hydrogens (primary N) is 1. The quantitative estimate of drug-likeness (QED) is 0.0158. The lowest BCUT2D eigenvalue weighted by atomic mass is 10.0. The monoisotopic (exact) mass is 1850 g/mol. The van der Waals surface area contributed by atoms with Gasteiger partial charge in [0, 0.05) is 71.4 Å². The summed E-state index contributed by atoms with van der Waals surface area (Å²) in [5, 5.41) is 18.4. The molecule has 0 heterocycles. The summed E-state index contributed by atoms with van der Waals surface area (Å²) in [7, 11) is 6.50. The number of amides is 3. The second kappa shape index (κ2) is 106. The van der Waals surface area contributed by atoms with Gasteiger partial charge in [-0.1, -0.05) is 493 Å². The van der Waals surface area contributed by atoms with Gasteiger partial charge in [-0.25, -0.2) is 10.4 Å². The third kappa shape index (κ3) is 94.8. The smallest absolute Gasteiger partial charge is 0.224 e. The number of hydrogen-bond donors (Lipinski definition) is 9. The molecule has 134 heavy (non-hydrogen) atoms. The number of aryl methyl sites for hydroxylation is 1. The summed E-state index contributed by atoms with van der Waals surface area (Å²) in [6.07, 6.45) is 4.54. The van der Waals surface area contributed by atoms with Crippen LogP contribution in [0.1, 0.15) is 363 Å². The standard InChI is InChI=1S/C21H31N3O3.9C9H12.C2H8N2O.C2H5NO.C2H7NO.C2H7N.5C2H6/c1-15(2)23-16(3)14-19(25)13-10-17-8-11-18(12-9-17)24-21(27)7-5-6-20(26)22-4;9*1-8(2)9-6-4-3-5-7-9;1-3-5-4-2;1-3-2-4;1-2-3-4;1-2-3;5*1-2/h8-9,11-12,14-15,23H,5-7,10,13H2,1-4H3,(H,22,26)(H,24,27);9*3-8H,1-2H3;3-4H,1-2H3;2H,1H3,(H,3,4);3-4H,2H2,1H3;2-3H2,1H3;5*1-2H3/b16-14-;;;;;;;;;;;;;;;;;;. The molecule has 0 aromatic heterocycles. The molecule has 0 bridgehead atoms. The van der Waals surface area contributed by atoms with Crippen LogP contribution in [0.15, 0.2) is 309 Å². The van der Waals surface area contributed by atoms with Crippen molar-refractivity contribution in [1.82, 2.24) is 32.4 Å². The van der Waals surface area contributed by atoms with Gasteiger partial charge < -0.3 is 32.2 Å². The summed E-state index contributed by atoms with van der Waals surface area (Å²) in [6, 6.07) is 102. The first-order valence-corrected chi connectivity index (χ1v) is 49.4. The summed E-state index contributed by atoms with van der Waals surface area (Å²) in [5.74, 6) is 5.84. The maximum Gasteiger partial charge on any atom is 0.224 e. The van der Waals surface area contributed by atoms with Crippen molar-refractivity contribution in [2.45, 2.75) is 320 Å². The van der Waals surface area contributed by atoms with Crippen LogP contribution in [0, 0.1) is 0 Å². The second-order valence-electron chi connectivity index (χ2n) is 31.8. The van der Waals surface area contributed by atoms with Gasteiger partial charge in [-0.05, 0) is 167 Å². The van der Waals surface area contributed by atoms with Crippen LogP contribution in [-0.4, -0.2) is 76.5 Å². The molecule has 0 spiro atoms. The molecule has 14 heteroatoms. The van der Waals surface area contributed by atoms with Crippen LogP contribution in [0.5, 0.6) is 0 Å². The fraction of sp³-hybridized carbons (Fsp3) is 0.450. The van der Waals surface area contributed by atoms with Gasteiger partial charge in [-0.15, -0.1) is 0 Å². The fourth-order valence-corrected chi connectivity index (χ4v) is 10.2. The van der Waals surface area contributed by atoms with Gasteiger partial charge in [-0.3, -0.25) is 19.2 Å². The van der Waals surface area contributed by atoms with Gasteiger partial charge in [-0.2, -0.15) is 11.0 Å². The van der Waals surface area contributed by atoms with E-state index in [-0.39, 0.29) is 17.6 Å². The minimum atomic E-state index is -0.111. The van der Waals surface area contributed by atoms with E-state index in [1.54, 1.807) is 34.3 Å². The topological polar surface area (TPSA) is 208 Å². The second-order valence-corrected chi connectivity index (χ2v) is 31.8. The molecule has 0 saturated carbocycles. The molecule has 0 aliphatic heterocycles. The molecule has 0 aliphatic rings. The van der Waals surface area contributed by atoms with Crippen LogP contribution in [0.3, 0.4) is 0 Å². The Bertz CT molecular complexity index is 3380. The highest BCUT2D eigenvalue weighted by Crippen LogP contribution is 2.19. The number of allylic oxidation sites excluding steroid dienone is 2. The van der Waals surface area contributed by atoms with Crippen LogP contribution < -0.4 is 43.4 Å². The Morgan fingerprint density at radius 1 is 0.336 bits per heavy atom. The molecule has 0 unspecified atom stereocenters. The van der Waals surface area contributed by atoms with Crippen molar-refractivity contribution in [3.8, 4) is 0 Å². The molecule has 0 fully saturated rings. The zero-order valence-corrected chi connectivity index (χ0v) is 91.2. The highest BCUT2D eigenvalue weighted by atomic mass is 16.8. The number of rotatable bonds is 24. The lowest BCUT2D eigenvalue weighted by Crippen LogP contribution is -2.21. The Morgan fingerprint density at radius 2 is 0.530 bits per heavy atom. The summed E-state index contributed by atoms with van der Waals surface area (Å²) in [6.45, 7) is 70.7. The average molecular weight is 1850 g/mol. The Kier molecular flexibility index (Phi) is 112. The average Bonchev–Trinajstić information content (AvgIpc) is 0.891. The first kappa shape index (κ1) is 141. The maximum atomic E-state index is 12.0. The predicted molar refractivity (Wildman–Crippen MR) is 594 cm³/mol. The van der Waals surface area contributed by atoms with Gasteiger partial charge in [0.2, 0.25) is 18.2 Å². The van der Waals surface area contributed by atoms with Crippen molar-refractivity contribution in [1.29, 1.82) is 0 Å². The first-order valence-electron chi connectivity index (χ1n) is 49.4. The Morgan fingerprint density at radius 3 is 0.672 bits per heavy atom. The SMILES string of the molecule is CC.CC.CC.CC.CC.CC(C)c1ccccc1.CC(C)c1ccccc1.CC(C)c1ccccc1.CC(C)c1ccccc1.CC(C)c1ccccc1.CC(C)c1ccccc1.CC(C)c1ccccc1.CC(C)c1ccccc1.CC(C)c1ccccc1.CCN.CCNO.CNC(=O)CCCC(=O)Nc1ccc(CCC(=O)/C=C(/C)NC(C)C)cc1.CNC=O.CNONC. The van der Waals surface area contributed by atoms with E-state index < -0.39 is 0 Å². The molecule has 0 radical (unpaired) electrons. The van der Waals surface area contributed by atoms with E-state index in [1.807, 2.05) is 188 Å². The number of hydroxylamine groups is 3. The molecule has 14 nitrogen and oxygen atoms in total. The van der Waals surface area contributed by atoms with Crippen molar-refractivity contribution in [2.75, 3.05) is 46.6 Å². The van der Waals surface area contributed by atoms with Gasteiger partial charge in [0.05, 0.1) is 0 Å². The first-order chi connectivity index (χ1) is 64.2. The Labute approximate surface area is 823 Å². The predicted octanol–water partition coefficient (Wildman–Crippen LogP) is 32.0. The van der Waals surface area contributed by atoms with Crippen LogP contribution >= 0.6 is 0 Å². The van der Waals surface area contributed by atoms with E-state index in [4.69, 9.17) is 15.7 Å². The number of anilines is 1. The fourth-order valence-electron chi connectivity index (χ4n) is 10.2. The van der Waals surface area contributed by atoms with E-state index in [2.05, 4.69) is 380 Å². The third-order valence-electron chi connectivity index (χ3n) is 17.6. The minimum absolute atomic E-state index is 0.0632. The Hall–Kier alpha value is -10.4. The van der Waals surface area contributed by atoms with Crippen molar-refractivity contribution in [2.24, 2.45) is 5.73 Å². The zero-order chi connectivity index (χ0) is 104. The number of nitrogens with one attached hydrogen (secondary N) is 7. The van der Waals surface area contributed by atoms with Gasteiger partial charge in [0.15, 0.2) is 5.78 Å². The summed E-state index contributed by atoms with van der Waals surface area (Å²) in [5.41, 5.74) is 27.0. The lowest BCUT2D eigenvalue weighted by Gasteiger charge is -2.09. The van der Waals surface area contributed by atoms with Crippen molar-refractivity contribution in [3.05, 3.63) is 365 Å². The Balaban J connectivity index is -0.000000184. The highest BCUT2D eigenvalue weighted by Gasteiger charge is 2.08. The van der Waals surface area contributed by atoms with Gasteiger partial charge in [0.1, 0.15) is 0 Å². The van der Waals surface area contributed by atoms with E-state index in [0.717, 1.165) is 17.8 Å². The molecule has 752 valence electrons. The maximum absolute atomic E-state index is 12.0. The summed E-state index contributed by atoms with van der Waals surface area (Å²) in [4.78, 5) is 48.4. The van der Waals surface area contributed by atoms with Gasteiger partial charge >= 0.3 is 0 Å². The van der Waals surface area contributed by atoms with E-state index in [9.17, 15) is 14.4 Å². The zero-order valence-electron chi connectivity index (χ0n) is 91.2. The van der Waals surface area contributed by atoms with Gasteiger partial charge in [0.25, 0.3) is 0 Å². The molecule has 10 rings (SSSR count). The van der Waals surface area contributed by atoms with Crippen molar-refractivity contribution < 1.29 is 29.3 Å². The minimum Gasteiger partial charge on any atom is -0.386 e. The van der Waals surface area contributed by atoms with Crippen LogP contribution in [-0.2, 0) is 30.5 Å². The number of benzene rings is 10. The van der Waals surface area contributed by atoms with E-state index >= 15 is 0 Å². The van der Waals surface area contributed by atoms with Crippen LogP contribution in [0.4, 0.5) is 5.69 Å². The molecule has 10 aromatic carbocycles. The third-order valence-corrected chi connectivity index (χ3v) is 17.6.